The SMILES string of the molecule is CBr.OC(c1ccccc1)(c1ccccc1)C1CC2CCCCN2C1. The molecule has 0 saturated carbocycles. The van der Waals surface area contributed by atoms with Gasteiger partial charge in [0.2, 0.25) is 0 Å². The van der Waals surface area contributed by atoms with Gasteiger partial charge in [0.25, 0.3) is 0 Å². The fraction of sp³-hybridized carbons (Fsp3) is 0.455. The number of alkyl halides is 1. The van der Waals surface area contributed by atoms with Crippen LogP contribution in [0, 0.1) is 5.92 Å². The van der Waals surface area contributed by atoms with Crippen LogP contribution in [0.5, 0.6) is 0 Å². The van der Waals surface area contributed by atoms with Crippen molar-refractivity contribution in [3.05, 3.63) is 71.8 Å². The highest BCUT2D eigenvalue weighted by Crippen LogP contribution is 2.44. The number of halogens is 1. The van der Waals surface area contributed by atoms with Gasteiger partial charge < -0.3 is 5.11 Å². The van der Waals surface area contributed by atoms with Crippen molar-refractivity contribution in [2.24, 2.45) is 5.92 Å². The summed E-state index contributed by atoms with van der Waals surface area (Å²) in [6.45, 7) is 2.20. The Morgan fingerprint density at radius 3 is 2.00 bits per heavy atom. The van der Waals surface area contributed by atoms with E-state index >= 15 is 0 Å². The van der Waals surface area contributed by atoms with Crippen molar-refractivity contribution < 1.29 is 5.11 Å². The number of hydrogen-bond acceptors (Lipinski definition) is 2. The van der Waals surface area contributed by atoms with Gasteiger partial charge in [-0.15, -0.1) is 0 Å². The molecule has 1 N–H and O–H groups in total. The molecule has 0 spiro atoms. The molecule has 2 fully saturated rings. The lowest BCUT2D eigenvalue weighted by Crippen LogP contribution is -2.38. The highest BCUT2D eigenvalue weighted by Gasteiger charge is 2.46. The number of rotatable bonds is 3. The van der Waals surface area contributed by atoms with Crippen molar-refractivity contribution in [3.8, 4) is 0 Å². The summed E-state index contributed by atoms with van der Waals surface area (Å²) in [6, 6.07) is 21.1. The van der Waals surface area contributed by atoms with E-state index < -0.39 is 5.60 Å². The second-order valence-electron chi connectivity index (χ2n) is 7.08. The Labute approximate surface area is 160 Å². The number of piperidine rings is 1. The van der Waals surface area contributed by atoms with Gasteiger partial charge in [0, 0.05) is 18.5 Å². The zero-order chi connectivity index (χ0) is 17.7. The maximum Gasteiger partial charge on any atom is 0.119 e. The maximum absolute atomic E-state index is 11.9. The normalized spacial score (nSPS) is 23.5. The third kappa shape index (κ3) is 3.69. The molecule has 2 unspecified atom stereocenters. The van der Waals surface area contributed by atoms with E-state index in [4.69, 9.17) is 0 Å². The van der Waals surface area contributed by atoms with E-state index in [-0.39, 0.29) is 5.92 Å². The monoisotopic (exact) mass is 401 g/mol. The van der Waals surface area contributed by atoms with Gasteiger partial charge in [-0.1, -0.05) is 83.0 Å². The number of hydrogen-bond donors (Lipinski definition) is 1. The van der Waals surface area contributed by atoms with E-state index in [1.54, 1.807) is 0 Å². The zero-order valence-electron chi connectivity index (χ0n) is 14.9. The molecule has 0 aliphatic carbocycles. The van der Waals surface area contributed by atoms with E-state index in [0.717, 1.165) is 24.1 Å². The van der Waals surface area contributed by atoms with Crippen LogP contribution in [0.1, 0.15) is 36.8 Å². The van der Waals surface area contributed by atoms with Crippen LogP contribution in [-0.4, -0.2) is 35.0 Å². The summed E-state index contributed by atoms with van der Waals surface area (Å²) in [5, 5.41) is 11.9. The number of fused-ring (bicyclic) bond motifs is 1. The van der Waals surface area contributed by atoms with Crippen LogP contribution in [0.3, 0.4) is 0 Å². The molecule has 0 bridgehead atoms. The largest absolute Gasteiger partial charge is 0.380 e. The Kier molecular flexibility index (Phi) is 6.32. The van der Waals surface area contributed by atoms with Gasteiger partial charge in [0.15, 0.2) is 0 Å². The van der Waals surface area contributed by atoms with Gasteiger partial charge >= 0.3 is 0 Å². The third-order valence-electron chi connectivity index (χ3n) is 5.78. The molecular weight excluding hydrogens is 374 g/mol. The molecule has 0 radical (unpaired) electrons. The van der Waals surface area contributed by atoms with E-state index in [9.17, 15) is 5.11 Å². The first-order valence-electron chi connectivity index (χ1n) is 9.24. The molecule has 2 saturated heterocycles. The van der Waals surface area contributed by atoms with Crippen LogP contribution in [0.15, 0.2) is 60.7 Å². The lowest BCUT2D eigenvalue weighted by atomic mass is 9.75. The molecule has 2 aromatic rings. The Balaban J connectivity index is 0.000000880. The Bertz CT molecular complexity index is 592. The van der Waals surface area contributed by atoms with E-state index in [0.29, 0.717) is 6.04 Å². The van der Waals surface area contributed by atoms with E-state index in [1.165, 1.54) is 25.8 Å². The molecule has 2 heterocycles. The second-order valence-corrected chi connectivity index (χ2v) is 7.08. The Morgan fingerprint density at radius 1 is 0.920 bits per heavy atom. The summed E-state index contributed by atoms with van der Waals surface area (Å²) in [6.07, 6.45) is 5.03. The topological polar surface area (TPSA) is 23.5 Å². The van der Waals surface area contributed by atoms with E-state index in [2.05, 4.69) is 45.1 Å². The highest BCUT2D eigenvalue weighted by atomic mass is 79.9. The average molecular weight is 402 g/mol. The molecule has 2 atom stereocenters. The molecule has 25 heavy (non-hydrogen) atoms. The van der Waals surface area contributed by atoms with Gasteiger partial charge in [-0.2, -0.15) is 0 Å². The van der Waals surface area contributed by atoms with Gasteiger partial charge in [0.05, 0.1) is 0 Å². The quantitative estimate of drug-likeness (QED) is 0.745. The van der Waals surface area contributed by atoms with Crippen LogP contribution in [0.4, 0.5) is 0 Å². The predicted octanol–water partition coefficient (Wildman–Crippen LogP) is 4.81. The van der Waals surface area contributed by atoms with Crippen molar-refractivity contribution >= 4 is 15.9 Å². The molecular formula is C22H28BrNO. The summed E-state index contributed by atoms with van der Waals surface area (Å²) in [7, 11) is 0. The summed E-state index contributed by atoms with van der Waals surface area (Å²) >= 11 is 2.94. The first-order valence-corrected chi connectivity index (χ1v) is 10.8. The number of aliphatic hydroxyl groups is 1. The minimum absolute atomic E-state index is 0.260. The van der Waals surface area contributed by atoms with Crippen molar-refractivity contribution in [1.82, 2.24) is 4.90 Å². The Morgan fingerprint density at radius 2 is 1.48 bits per heavy atom. The minimum atomic E-state index is -0.889. The molecule has 2 aromatic carbocycles. The minimum Gasteiger partial charge on any atom is -0.380 e. The number of nitrogens with zero attached hydrogens (tertiary/aromatic N) is 1. The van der Waals surface area contributed by atoms with Crippen molar-refractivity contribution in [1.29, 1.82) is 0 Å². The van der Waals surface area contributed by atoms with Gasteiger partial charge in [0.1, 0.15) is 5.60 Å². The molecule has 2 aliphatic rings. The molecule has 2 nitrogen and oxygen atoms in total. The predicted molar refractivity (Wildman–Crippen MR) is 108 cm³/mol. The molecule has 2 aliphatic heterocycles. The van der Waals surface area contributed by atoms with Crippen LogP contribution >= 0.6 is 15.9 Å². The van der Waals surface area contributed by atoms with E-state index in [1.807, 2.05) is 42.2 Å². The zero-order valence-corrected chi connectivity index (χ0v) is 16.5. The van der Waals surface area contributed by atoms with Crippen molar-refractivity contribution in [3.63, 3.8) is 0 Å². The third-order valence-corrected chi connectivity index (χ3v) is 5.78. The first-order chi connectivity index (χ1) is 12.3. The summed E-state index contributed by atoms with van der Waals surface area (Å²) < 4.78 is 0. The lowest BCUT2D eigenvalue weighted by Gasteiger charge is -2.35. The average Bonchev–Trinajstić information content (AvgIpc) is 3.15. The molecule has 0 amide bonds. The smallest absolute Gasteiger partial charge is 0.119 e. The van der Waals surface area contributed by atoms with Crippen molar-refractivity contribution in [2.75, 3.05) is 18.9 Å². The summed E-state index contributed by atoms with van der Waals surface area (Å²) in [4.78, 5) is 2.60. The van der Waals surface area contributed by atoms with Gasteiger partial charge in [-0.05, 0) is 42.8 Å². The standard InChI is InChI=1S/C21H25NO.CH3Br/c23-21(17-9-3-1-4-10-17,18-11-5-2-6-12-18)19-15-20-13-7-8-14-22(20)16-19;1-2/h1-6,9-12,19-20,23H,7-8,13-16H2;1H3. The highest BCUT2D eigenvalue weighted by molar-refractivity contribution is 9.08. The number of benzene rings is 2. The van der Waals surface area contributed by atoms with Crippen LogP contribution < -0.4 is 0 Å². The fourth-order valence-corrected chi connectivity index (χ4v) is 4.58. The van der Waals surface area contributed by atoms with Crippen LogP contribution in [0.25, 0.3) is 0 Å². The summed E-state index contributed by atoms with van der Waals surface area (Å²) in [5.74, 6) is 2.07. The molecule has 134 valence electrons. The van der Waals surface area contributed by atoms with Gasteiger partial charge in [-0.25, -0.2) is 0 Å². The van der Waals surface area contributed by atoms with Crippen LogP contribution in [-0.2, 0) is 5.60 Å². The maximum atomic E-state index is 11.9. The molecule has 3 heteroatoms. The summed E-state index contributed by atoms with van der Waals surface area (Å²) in [5.41, 5.74) is 1.16. The molecule has 4 rings (SSSR count). The van der Waals surface area contributed by atoms with Crippen molar-refractivity contribution in [2.45, 2.75) is 37.3 Å². The lowest BCUT2D eigenvalue weighted by molar-refractivity contribution is 0.0199. The fourth-order valence-electron chi connectivity index (χ4n) is 4.58. The second kappa shape index (κ2) is 8.48. The van der Waals surface area contributed by atoms with Crippen LogP contribution in [0.2, 0.25) is 0 Å². The molecule has 0 aromatic heterocycles. The first kappa shape index (κ1) is 18.6. The van der Waals surface area contributed by atoms with Gasteiger partial charge in [-0.3, -0.25) is 4.90 Å². The Hall–Kier alpha value is -1.16.